The lowest BCUT2D eigenvalue weighted by Gasteiger charge is -2.09. The molecule has 0 aliphatic carbocycles. The van der Waals surface area contributed by atoms with Gasteiger partial charge in [0.2, 0.25) is 0 Å². The predicted molar refractivity (Wildman–Crippen MR) is 71.7 cm³/mol. The summed E-state index contributed by atoms with van der Waals surface area (Å²) in [5.41, 5.74) is 0.242. The molecule has 1 aromatic heterocycles. The number of thiophene rings is 1. The van der Waals surface area contributed by atoms with Crippen molar-refractivity contribution in [2.45, 2.75) is 19.6 Å². The van der Waals surface area contributed by atoms with E-state index in [9.17, 15) is 18.0 Å². The van der Waals surface area contributed by atoms with E-state index in [1.54, 1.807) is 0 Å². The van der Waals surface area contributed by atoms with Crippen LogP contribution in [0.2, 0.25) is 0 Å². The van der Waals surface area contributed by atoms with Crippen LogP contribution < -0.4 is 5.32 Å². The van der Waals surface area contributed by atoms with Crippen LogP contribution in [-0.2, 0) is 12.7 Å². The first kappa shape index (κ1) is 14.6. The highest BCUT2D eigenvalue weighted by atomic mass is 32.1. The van der Waals surface area contributed by atoms with E-state index >= 15 is 0 Å². The fraction of sp³-hybridized carbons (Fsp3) is 0.214. The van der Waals surface area contributed by atoms with E-state index < -0.39 is 17.6 Å². The third-order valence-electron chi connectivity index (χ3n) is 2.83. The lowest BCUT2D eigenvalue weighted by atomic mass is 10.1. The lowest BCUT2D eigenvalue weighted by molar-refractivity contribution is -0.137. The molecule has 1 amide bonds. The molecule has 0 fully saturated rings. The largest absolute Gasteiger partial charge is 0.416 e. The summed E-state index contributed by atoms with van der Waals surface area (Å²) in [7, 11) is 0. The van der Waals surface area contributed by atoms with Crippen molar-refractivity contribution in [2.75, 3.05) is 0 Å². The van der Waals surface area contributed by atoms with Gasteiger partial charge >= 0.3 is 6.18 Å². The molecular weight excluding hydrogens is 287 g/mol. The Labute approximate surface area is 118 Å². The zero-order valence-electron chi connectivity index (χ0n) is 10.6. The Hall–Kier alpha value is -1.82. The van der Waals surface area contributed by atoms with Gasteiger partial charge in [-0.05, 0) is 42.1 Å². The second-order valence-corrected chi connectivity index (χ2v) is 5.29. The molecule has 2 rings (SSSR count). The van der Waals surface area contributed by atoms with E-state index in [0.717, 1.165) is 22.6 Å². The molecule has 1 heterocycles. The molecule has 0 radical (unpaired) electrons. The summed E-state index contributed by atoms with van der Waals surface area (Å²) in [6.45, 7) is 2.24. The number of carbonyl (C=O) groups is 1. The van der Waals surface area contributed by atoms with Crippen LogP contribution in [0, 0.1) is 6.92 Å². The molecule has 0 unspecified atom stereocenters. The minimum atomic E-state index is -4.44. The summed E-state index contributed by atoms with van der Waals surface area (Å²) < 4.78 is 37.7. The van der Waals surface area contributed by atoms with E-state index in [-0.39, 0.29) is 5.56 Å². The molecule has 0 spiro atoms. The minimum Gasteiger partial charge on any atom is -0.347 e. The van der Waals surface area contributed by atoms with Gasteiger partial charge < -0.3 is 5.32 Å². The summed E-state index contributed by atoms with van der Waals surface area (Å²) in [6, 6.07) is 6.33. The molecule has 6 heteroatoms. The highest BCUT2D eigenvalue weighted by Crippen LogP contribution is 2.29. The fourth-order valence-electron chi connectivity index (χ4n) is 1.68. The molecule has 1 N–H and O–H groups in total. The van der Waals surface area contributed by atoms with E-state index in [4.69, 9.17) is 0 Å². The van der Waals surface area contributed by atoms with Crippen molar-refractivity contribution in [3.8, 4) is 0 Å². The number of nitrogens with one attached hydrogen (secondary N) is 1. The van der Waals surface area contributed by atoms with Crippen LogP contribution in [0.3, 0.4) is 0 Å². The van der Waals surface area contributed by atoms with Crippen LogP contribution in [0.4, 0.5) is 13.2 Å². The first-order valence-electron chi connectivity index (χ1n) is 5.86. The van der Waals surface area contributed by atoms with Gasteiger partial charge in [-0.15, -0.1) is 11.3 Å². The lowest BCUT2D eigenvalue weighted by Crippen LogP contribution is -2.23. The number of carbonyl (C=O) groups excluding carboxylic acids is 1. The normalized spacial score (nSPS) is 11.4. The molecule has 2 aromatic rings. The topological polar surface area (TPSA) is 29.1 Å². The summed E-state index contributed by atoms with van der Waals surface area (Å²) in [4.78, 5) is 12.8. The highest BCUT2D eigenvalue weighted by molar-refractivity contribution is 7.10. The van der Waals surface area contributed by atoms with Crippen molar-refractivity contribution >= 4 is 17.2 Å². The number of hydrogen-bond acceptors (Lipinski definition) is 2. The molecule has 0 atom stereocenters. The van der Waals surface area contributed by atoms with Gasteiger partial charge in [-0.3, -0.25) is 4.79 Å². The Bertz CT molecular complexity index is 619. The Morgan fingerprint density at radius 1 is 1.30 bits per heavy atom. The van der Waals surface area contributed by atoms with Gasteiger partial charge in [-0.1, -0.05) is 6.07 Å². The van der Waals surface area contributed by atoms with Crippen molar-refractivity contribution < 1.29 is 18.0 Å². The van der Waals surface area contributed by atoms with Gasteiger partial charge in [-0.2, -0.15) is 13.2 Å². The second-order valence-electron chi connectivity index (χ2n) is 4.29. The number of hydrogen-bond donors (Lipinski definition) is 1. The Morgan fingerprint density at radius 2 is 2.05 bits per heavy atom. The van der Waals surface area contributed by atoms with Crippen molar-refractivity contribution in [1.82, 2.24) is 5.32 Å². The molecule has 106 valence electrons. The predicted octanol–water partition coefficient (Wildman–Crippen LogP) is 4.01. The molecule has 0 saturated carbocycles. The van der Waals surface area contributed by atoms with Crippen LogP contribution in [0.5, 0.6) is 0 Å². The van der Waals surface area contributed by atoms with E-state index in [1.165, 1.54) is 23.5 Å². The van der Waals surface area contributed by atoms with Gasteiger partial charge in [-0.25, -0.2) is 0 Å². The Balaban J connectivity index is 2.08. The molecule has 0 aliphatic rings. The molecule has 0 saturated heterocycles. The van der Waals surface area contributed by atoms with Crippen LogP contribution in [0.15, 0.2) is 35.7 Å². The monoisotopic (exact) mass is 299 g/mol. The van der Waals surface area contributed by atoms with Crippen molar-refractivity contribution in [3.63, 3.8) is 0 Å². The number of alkyl halides is 3. The van der Waals surface area contributed by atoms with E-state index in [1.807, 2.05) is 18.4 Å². The average Bonchev–Trinajstić information content (AvgIpc) is 2.81. The first-order chi connectivity index (χ1) is 9.38. The van der Waals surface area contributed by atoms with Crippen molar-refractivity contribution in [1.29, 1.82) is 0 Å². The van der Waals surface area contributed by atoms with Crippen LogP contribution >= 0.6 is 11.3 Å². The number of halogens is 3. The molecule has 2 nitrogen and oxygen atoms in total. The molecule has 0 aliphatic heterocycles. The Kier molecular flexibility index (Phi) is 4.13. The van der Waals surface area contributed by atoms with Crippen molar-refractivity contribution in [3.05, 3.63) is 57.3 Å². The van der Waals surface area contributed by atoms with E-state index in [2.05, 4.69) is 5.32 Å². The second kappa shape index (κ2) is 5.66. The molecular formula is C14H12F3NOS. The van der Waals surface area contributed by atoms with Crippen LogP contribution in [-0.4, -0.2) is 5.91 Å². The van der Waals surface area contributed by atoms with Gasteiger partial charge in [0, 0.05) is 10.4 Å². The standard InChI is InChI=1S/C14H12F3NOS/c1-9-5-6-20-12(9)8-18-13(19)10-3-2-4-11(7-10)14(15,16)17/h2-7H,8H2,1H3,(H,18,19). The summed E-state index contributed by atoms with van der Waals surface area (Å²) in [6.07, 6.45) is -4.44. The summed E-state index contributed by atoms with van der Waals surface area (Å²) in [5.74, 6) is -0.510. The third kappa shape index (κ3) is 3.39. The van der Waals surface area contributed by atoms with Gasteiger partial charge in [0.1, 0.15) is 0 Å². The Morgan fingerprint density at radius 3 is 2.65 bits per heavy atom. The molecule has 20 heavy (non-hydrogen) atoms. The maximum absolute atomic E-state index is 12.6. The van der Waals surface area contributed by atoms with Gasteiger partial charge in [0.15, 0.2) is 0 Å². The number of amides is 1. The minimum absolute atomic E-state index is 0.00836. The molecule has 1 aromatic carbocycles. The fourth-order valence-corrected chi connectivity index (χ4v) is 2.53. The van der Waals surface area contributed by atoms with Crippen LogP contribution in [0.25, 0.3) is 0 Å². The van der Waals surface area contributed by atoms with Gasteiger partial charge in [0.05, 0.1) is 12.1 Å². The zero-order valence-corrected chi connectivity index (χ0v) is 11.4. The number of aryl methyl sites for hydroxylation is 1. The van der Waals surface area contributed by atoms with E-state index in [0.29, 0.717) is 6.54 Å². The summed E-state index contributed by atoms with van der Waals surface area (Å²) >= 11 is 1.50. The zero-order chi connectivity index (χ0) is 14.8. The third-order valence-corrected chi connectivity index (χ3v) is 3.85. The maximum Gasteiger partial charge on any atom is 0.416 e. The van der Waals surface area contributed by atoms with Crippen LogP contribution in [0.1, 0.15) is 26.4 Å². The quantitative estimate of drug-likeness (QED) is 0.911. The van der Waals surface area contributed by atoms with Gasteiger partial charge in [0.25, 0.3) is 5.91 Å². The summed E-state index contributed by atoms with van der Waals surface area (Å²) in [5, 5.41) is 4.53. The number of benzene rings is 1. The highest BCUT2D eigenvalue weighted by Gasteiger charge is 2.30. The smallest absolute Gasteiger partial charge is 0.347 e. The number of rotatable bonds is 3. The SMILES string of the molecule is Cc1ccsc1CNC(=O)c1cccc(C(F)(F)F)c1. The average molecular weight is 299 g/mol. The first-order valence-corrected chi connectivity index (χ1v) is 6.74. The molecule has 0 bridgehead atoms. The van der Waals surface area contributed by atoms with Crippen molar-refractivity contribution in [2.24, 2.45) is 0 Å². The maximum atomic E-state index is 12.6.